The maximum absolute atomic E-state index is 11.5. The molecular formula is C12H17N3O3. The second-order valence-corrected chi connectivity index (χ2v) is 3.92. The second kappa shape index (κ2) is 7.26. The molecule has 0 aromatic carbocycles. The van der Waals surface area contributed by atoms with Crippen LogP contribution < -0.4 is 10.6 Å². The minimum Gasteiger partial charge on any atom is -0.481 e. The van der Waals surface area contributed by atoms with Crippen molar-refractivity contribution in [3.05, 3.63) is 24.0 Å². The van der Waals surface area contributed by atoms with Gasteiger partial charge in [0, 0.05) is 19.2 Å². The van der Waals surface area contributed by atoms with E-state index in [0.717, 1.165) is 5.56 Å². The highest BCUT2D eigenvalue weighted by Crippen LogP contribution is 2.10. The van der Waals surface area contributed by atoms with Crippen LogP contribution in [0.4, 0.5) is 10.5 Å². The first-order chi connectivity index (χ1) is 8.59. The Morgan fingerprint density at radius 2 is 2.17 bits per heavy atom. The Hall–Kier alpha value is -2.11. The summed E-state index contributed by atoms with van der Waals surface area (Å²) in [4.78, 5) is 25.7. The predicted octanol–water partition coefficient (Wildman–Crippen LogP) is 1.77. The van der Waals surface area contributed by atoms with Gasteiger partial charge in [-0.3, -0.25) is 9.78 Å². The molecule has 3 N–H and O–H groups in total. The van der Waals surface area contributed by atoms with Crippen molar-refractivity contribution in [3.63, 3.8) is 0 Å². The molecule has 0 spiro atoms. The van der Waals surface area contributed by atoms with Crippen LogP contribution >= 0.6 is 0 Å². The molecule has 18 heavy (non-hydrogen) atoms. The number of unbranched alkanes of at least 4 members (excludes halogenated alkanes) is 1. The van der Waals surface area contributed by atoms with E-state index in [4.69, 9.17) is 5.11 Å². The second-order valence-electron chi connectivity index (χ2n) is 3.92. The SMILES string of the molecule is Cc1ccncc1NC(=O)NCCCCC(=O)O. The van der Waals surface area contributed by atoms with Gasteiger partial charge in [-0.25, -0.2) is 4.79 Å². The minimum absolute atomic E-state index is 0.130. The molecule has 0 atom stereocenters. The summed E-state index contributed by atoms with van der Waals surface area (Å²) in [6.07, 6.45) is 4.57. The molecule has 1 rings (SSSR count). The summed E-state index contributed by atoms with van der Waals surface area (Å²) < 4.78 is 0. The van der Waals surface area contributed by atoms with E-state index < -0.39 is 5.97 Å². The number of pyridine rings is 1. The topological polar surface area (TPSA) is 91.3 Å². The molecule has 0 saturated carbocycles. The molecule has 0 aliphatic rings. The van der Waals surface area contributed by atoms with E-state index in [1.54, 1.807) is 12.4 Å². The normalized spacial score (nSPS) is 9.83. The van der Waals surface area contributed by atoms with Crippen molar-refractivity contribution in [2.75, 3.05) is 11.9 Å². The number of hydrogen-bond donors (Lipinski definition) is 3. The van der Waals surface area contributed by atoms with Crippen LogP contribution in [0.1, 0.15) is 24.8 Å². The van der Waals surface area contributed by atoms with Crippen molar-refractivity contribution in [3.8, 4) is 0 Å². The number of aromatic nitrogens is 1. The zero-order valence-electron chi connectivity index (χ0n) is 10.3. The number of amides is 2. The van der Waals surface area contributed by atoms with Gasteiger partial charge in [0.05, 0.1) is 11.9 Å². The van der Waals surface area contributed by atoms with Crippen LogP contribution in [0.3, 0.4) is 0 Å². The molecule has 1 heterocycles. The first-order valence-electron chi connectivity index (χ1n) is 5.77. The number of carboxylic acid groups (broad SMARTS) is 1. The van der Waals surface area contributed by atoms with E-state index in [1.165, 1.54) is 0 Å². The smallest absolute Gasteiger partial charge is 0.319 e. The lowest BCUT2D eigenvalue weighted by atomic mass is 10.2. The third-order valence-electron chi connectivity index (χ3n) is 2.39. The lowest BCUT2D eigenvalue weighted by Crippen LogP contribution is -2.29. The third-order valence-corrected chi connectivity index (χ3v) is 2.39. The zero-order valence-corrected chi connectivity index (χ0v) is 10.3. The highest BCUT2D eigenvalue weighted by molar-refractivity contribution is 5.89. The number of anilines is 1. The van der Waals surface area contributed by atoms with Gasteiger partial charge in [-0.05, 0) is 31.4 Å². The summed E-state index contributed by atoms with van der Waals surface area (Å²) in [6.45, 7) is 2.34. The predicted molar refractivity (Wildman–Crippen MR) is 67.5 cm³/mol. The lowest BCUT2D eigenvalue weighted by Gasteiger charge is -2.08. The minimum atomic E-state index is -0.814. The molecule has 0 aliphatic heterocycles. The molecule has 1 aromatic heterocycles. The lowest BCUT2D eigenvalue weighted by molar-refractivity contribution is -0.137. The maximum Gasteiger partial charge on any atom is 0.319 e. The van der Waals surface area contributed by atoms with Gasteiger partial charge >= 0.3 is 12.0 Å². The van der Waals surface area contributed by atoms with Crippen molar-refractivity contribution in [1.29, 1.82) is 0 Å². The van der Waals surface area contributed by atoms with Crippen LogP contribution in [0.5, 0.6) is 0 Å². The Kier molecular flexibility index (Phi) is 5.63. The molecule has 98 valence electrons. The Labute approximate surface area is 105 Å². The molecule has 0 bridgehead atoms. The van der Waals surface area contributed by atoms with Gasteiger partial charge in [-0.1, -0.05) is 0 Å². The van der Waals surface area contributed by atoms with E-state index in [0.29, 0.717) is 25.1 Å². The van der Waals surface area contributed by atoms with Crippen LogP contribution in [0.15, 0.2) is 18.5 Å². The van der Waals surface area contributed by atoms with Gasteiger partial charge in [-0.15, -0.1) is 0 Å². The fourth-order valence-corrected chi connectivity index (χ4v) is 1.36. The summed E-state index contributed by atoms with van der Waals surface area (Å²) in [5.41, 5.74) is 1.60. The molecule has 0 saturated heterocycles. The zero-order chi connectivity index (χ0) is 13.4. The Morgan fingerprint density at radius 3 is 2.83 bits per heavy atom. The molecule has 1 aromatic rings. The van der Waals surface area contributed by atoms with E-state index >= 15 is 0 Å². The van der Waals surface area contributed by atoms with Crippen molar-refractivity contribution >= 4 is 17.7 Å². The fourth-order valence-electron chi connectivity index (χ4n) is 1.36. The van der Waals surface area contributed by atoms with Crippen LogP contribution in [0.2, 0.25) is 0 Å². The molecule has 6 nitrogen and oxygen atoms in total. The van der Waals surface area contributed by atoms with E-state index in [9.17, 15) is 9.59 Å². The highest BCUT2D eigenvalue weighted by Gasteiger charge is 2.03. The number of carbonyl (C=O) groups excluding carboxylic acids is 1. The van der Waals surface area contributed by atoms with Gasteiger partial charge in [-0.2, -0.15) is 0 Å². The number of aryl methyl sites for hydroxylation is 1. The van der Waals surface area contributed by atoms with Crippen molar-refractivity contribution in [2.24, 2.45) is 0 Å². The standard InChI is InChI=1S/C12H17N3O3/c1-9-5-7-13-8-10(9)15-12(18)14-6-3-2-4-11(16)17/h5,7-8H,2-4,6H2,1H3,(H,16,17)(H2,14,15,18). The fraction of sp³-hybridized carbons (Fsp3) is 0.417. The number of nitrogens with zero attached hydrogens (tertiary/aromatic N) is 1. The van der Waals surface area contributed by atoms with Crippen LogP contribution in [-0.4, -0.2) is 28.6 Å². The number of urea groups is 1. The van der Waals surface area contributed by atoms with E-state index in [-0.39, 0.29) is 12.5 Å². The summed E-state index contributed by atoms with van der Waals surface area (Å²) >= 11 is 0. The summed E-state index contributed by atoms with van der Waals surface area (Å²) in [5, 5.41) is 13.8. The summed E-state index contributed by atoms with van der Waals surface area (Å²) in [6, 6.07) is 1.50. The molecule has 0 unspecified atom stereocenters. The molecule has 0 radical (unpaired) electrons. The number of hydrogen-bond acceptors (Lipinski definition) is 3. The third kappa shape index (κ3) is 5.29. The molecular weight excluding hydrogens is 234 g/mol. The number of rotatable bonds is 6. The van der Waals surface area contributed by atoms with Gasteiger partial charge in [0.1, 0.15) is 0 Å². The van der Waals surface area contributed by atoms with Gasteiger partial charge in [0.2, 0.25) is 0 Å². The largest absolute Gasteiger partial charge is 0.481 e. The molecule has 0 aliphatic carbocycles. The highest BCUT2D eigenvalue weighted by atomic mass is 16.4. The van der Waals surface area contributed by atoms with Crippen LogP contribution in [0.25, 0.3) is 0 Å². The van der Waals surface area contributed by atoms with Crippen molar-refractivity contribution in [1.82, 2.24) is 10.3 Å². The van der Waals surface area contributed by atoms with E-state index in [1.807, 2.05) is 13.0 Å². The summed E-state index contributed by atoms with van der Waals surface area (Å²) in [5.74, 6) is -0.814. The number of carbonyl (C=O) groups is 2. The quantitative estimate of drug-likeness (QED) is 0.672. The Bertz CT molecular complexity index is 421. The van der Waals surface area contributed by atoms with Gasteiger partial charge < -0.3 is 15.7 Å². The van der Waals surface area contributed by atoms with Gasteiger partial charge in [0.25, 0.3) is 0 Å². The van der Waals surface area contributed by atoms with Crippen molar-refractivity contribution in [2.45, 2.75) is 26.2 Å². The number of nitrogens with one attached hydrogen (secondary N) is 2. The van der Waals surface area contributed by atoms with E-state index in [2.05, 4.69) is 15.6 Å². The molecule has 0 fully saturated rings. The maximum atomic E-state index is 11.5. The van der Waals surface area contributed by atoms with Gasteiger partial charge in [0.15, 0.2) is 0 Å². The van der Waals surface area contributed by atoms with Crippen molar-refractivity contribution < 1.29 is 14.7 Å². The average molecular weight is 251 g/mol. The van der Waals surface area contributed by atoms with Crippen LogP contribution in [0, 0.1) is 6.92 Å². The first-order valence-corrected chi connectivity index (χ1v) is 5.77. The monoisotopic (exact) mass is 251 g/mol. The number of carboxylic acids is 1. The van der Waals surface area contributed by atoms with Crippen LogP contribution in [-0.2, 0) is 4.79 Å². The molecule has 6 heteroatoms. The average Bonchev–Trinajstić information content (AvgIpc) is 2.31. The first kappa shape index (κ1) is 14.0. The Morgan fingerprint density at radius 1 is 1.39 bits per heavy atom. The number of aliphatic carboxylic acids is 1. The Balaban J connectivity index is 2.22. The summed E-state index contributed by atoms with van der Waals surface area (Å²) in [7, 11) is 0. The molecule has 2 amide bonds.